The average molecular weight is 409 g/mol. The summed E-state index contributed by atoms with van der Waals surface area (Å²) in [7, 11) is 0. The van der Waals surface area contributed by atoms with Gasteiger partial charge in [-0.1, -0.05) is 48.5 Å². The van der Waals surface area contributed by atoms with Crippen LogP contribution in [0.1, 0.15) is 36.0 Å². The lowest BCUT2D eigenvalue weighted by atomic mass is 9.85. The van der Waals surface area contributed by atoms with Gasteiger partial charge in [0.25, 0.3) is 0 Å². The standard InChI is InChI=1S/C25H32N2O3/c1-19-8-6-9-20(2)24(19)26-23(28)17-27-14-13-25(12-7-15-30-25)22(16-27)29-18-21-10-4-3-5-11-21/h3-6,8-11,22H,7,12-18H2,1-2H3,(H,26,28)/t22-,25-/m1/s1. The van der Waals surface area contributed by atoms with Crippen molar-refractivity contribution < 1.29 is 14.3 Å². The third-order valence-corrected chi connectivity index (χ3v) is 6.40. The second-order valence-corrected chi connectivity index (χ2v) is 8.60. The molecule has 2 saturated heterocycles. The van der Waals surface area contributed by atoms with Gasteiger partial charge >= 0.3 is 0 Å². The summed E-state index contributed by atoms with van der Waals surface area (Å²) in [4.78, 5) is 15.0. The highest BCUT2D eigenvalue weighted by Crippen LogP contribution is 2.38. The number of anilines is 1. The quantitative estimate of drug-likeness (QED) is 0.782. The lowest BCUT2D eigenvalue weighted by Gasteiger charge is -2.44. The van der Waals surface area contributed by atoms with Crippen LogP contribution in [-0.4, -0.2) is 48.8 Å². The smallest absolute Gasteiger partial charge is 0.238 e. The van der Waals surface area contributed by atoms with Gasteiger partial charge in [-0.2, -0.15) is 0 Å². The molecule has 2 aliphatic heterocycles. The third kappa shape index (κ3) is 4.75. The summed E-state index contributed by atoms with van der Waals surface area (Å²) < 4.78 is 12.6. The Bertz CT molecular complexity index is 842. The number of likely N-dealkylation sites (tertiary alicyclic amines) is 1. The molecule has 0 radical (unpaired) electrons. The van der Waals surface area contributed by atoms with Crippen molar-refractivity contribution in [1.82, 2.24) is 4.90 Å². The van der Waals surface area contributed by atoms with Crippen molar-refractivity contribution in [3.05, 3.63) is 65.2 Å². The van der Waals surface area contributed by atoms with Crippen LogP contribution in [0, 0.1) is 13.8 Å². The number of nitrogens with zero attached hydrogens (tertiary/aromatic N) is 1. The van der Waals surface area contributed by atoms with E-state index in [0.29, 0.717) is 19.7 Å². The molecule has 30 heavy (non-hydrogen) atoms. The number of piperidine rings is 1. The molecule has 0 unspecified atom stereocenters. The van der Waals surface area contributed by atoms with E-state index in [1.165, 1.54) is 0 Å². The molecule has 0 aromatic heterocycles. The van der Waals surface area contributed by atoms with E-state index in [4.69, 9.17) is 9.47 Å². The van der Waals surface area contributed by atoms with Crippen LogP contribution < -0.4 is 5.32 Å². The second kappa shape index (κ2) is 9.29. The van der Waals surface area contributed by atoms with Gasteiger partial charge in [-0.15, -0.1) is 0 Å². The summed E-state index contributed by atoms with van der Waals surface area (Å²) in [6.45, 7) is 7.36. The second-order valence-electron chi connectivity index (χ2n) is 8.60. The molecule has 2 atom stereocenters. The molecule has 2 aliphatic rings. The number of ether oxygens (including phenoxy) is 2. The van der Waals surface area contributed by atoms with Gasteiger partial charge in [0.1, 0.15) is 0 Å². The zero-order valence-corrected chi connectivity index (χ0v) is 18.0. The van der Waals surface area contributed by atoms with Gasteiger partial charge in [0.2, 0.25) is 5.91 Å². The molecule has 0 bridgehead atoms. The van der Waals surface area contributed by atoms with Crippen LogP contribution >= 0.6 is 0 Å². The summed E-state index contributed by atoms with van der Waals surface area (Å²) >= 11 is 0. The first-order valence-electron chi connectivity index (χ1n) is 10.9. The van der Waals surface area contributed by atoms with E-state index in [1.54, 1.807) is 0 Å². The monoisotopic (exact) mass is 408 g/mol. The van der Waals surface area contributed by atoms with Crippen LogP contribution in [0.4, 0.5) is 5.69 Å². The fourth-order valence-corrected chi connectivity index (χ4v) is 4.68. The predicted molar refractivity (Wildman–Crippen MR) is 119 cm³/mol. The highest BCUT2D eigenvalue weighted by atomic mass is 16.6. The zero-order chi connectivity index (χ0) is 21.0. The Morgan fingerprint density at radius 3 is 2.60 bits per heavy atom. The van der Waals surface area contributed by atoms with E-state index in [0.717, 1.165) is 54.8 Å². The Morgan fingerprint density at radius 1 is 1.13 bits per heavy atom. The van der Waals surface area contributed by atoms with Crippen molar-refractivity contribution in [3.63, 3.8) is 0 Å². The molecule has 1 spiro atoms. The normalized spacial score (nSPS) is 24.3. The molecular weight excluding hydrogens is 376 g/mol. The minimum Gasteiger partial charge on any atom is -0.372 e. The Morgan fingerprint density at radius 2 is 1.90 bits per heavy atom. The molecular formula is C25H32N2O3. The number of carbonyl (C=O) groups is 1. The van der Waals surface area contributed by atoms with Crippen molar-refractivity contribution in [2.24, 2.45) is 0 Å². The maximum Gasteiger partial charge on any atom is 0.238 e. The largest absolute Gasteiger partial charge is 0.372 e. The molecule has 0 aliphatic carbocycles. The molecule has 1 amide bonds. The first kappa shape index (κ1) is 21.0. The van der Waals surface area contributed by atoms with Crippen LogP contribution in [-0.2, 0) is 20.9 Å². The highest BCUT2D eigenvalue weighted by molar-refractivity contribution is 5.93. The summed E-state index contributed by atoms with van der Waals surface area (Å²) in [5, 5.41) is 3.11. The van der Waals surface area contributed by atoms with Crippen molar-refractivity contribution in [1.29, 1.82) is 0 Å². The van der Waals surface area contributed by atoms with Crippen LogP contribution in [0.3, 0.4) is 0 Å². The number of hydrogen-bond acceptors (Lipinski definition) is 4. The van der Waals surface area contributed by atoms with Gasteiger partial charge in [-0.25, -0.2) is 0 Å². The Balaban J connectivity index is 1.39. The van der Waals surface area contributed by atoms with Crippen molar-refractivity contribution >= 4 is 11.6 Å². The van der Waals surface area contributed by atoms with Gasteiger partial charge in [0.15, 0.2) is 0 Å². The van der Waals surface area contributed by atoms with Gasteiger partial charge in [0, 0.05) is 25.4 Å². The van der Waals surface area contributed by atoms with Crippen LogP contribution in [0.25, 0.3) is 0 Å². The molecule has 2 heterocycles. The number of nitrogens with one attached hydrogen (secondary N) is 1. The predicted octanol–water partition coefficient (Wildman–Crippen LogP) is 4.08. The van der Waals surface area contributed by atoms with E-state index in [9.17, 15) is 4.79 Å². The lowest BCUT2D eigenvalue weighted by Crippen LogP contribution is -2.57. The number of amides is 1. The van der Waals surface area contributed by atoms with Gasteiger partial charge < -0.3 is 14.8 Å². The fraction of sp³-hybridized carbons (Fsp3) is 0.480. The van der Waals surface area contributed by atoms with Crippen molar-refractivity contribution in [2.45, 2.75) is 51.4 Å². The number of rotatable bonds is 6. The molecule has 2 aromatic carbocycles. The van der Waals surface area contributed by atoms with E-state index >= 15 is 0 Å². The third-order valence-electron chi connectivity index (χ3n) is 6.40. The van der Waals surface area contributed by atoms with Crippen LogP contribution in [0.5, 0.6) is 0 Å². The number of carbonyl (C=O) groups excluding carboxylic acids is 1. The molecule has 2 fully saturated rings. The molecule has 2 aromatic rings. The summed E-state index contributed by atoms with van der Waals surface area (Å²) in [5.74, 6) is 0.0255. The fourth-order valence-electron chi connectivity index (χ4n) is 4.68. The van der Waals surface area contributed by atoms with Crippen LogP contribution in [0.2, 0.25) is 0 Å². The summed E-state index contributed by atoms with van der Waals surface area (Å²) in [5.41, 5.74) is 4.06. The molecule has 4 rings (SSSR count). The maximum absolute atomic E-state index is 12.8. The SMILES string of the molecule is Cc1cccc(C)c1NC(=O)CN1CC[C@]2(CCCO2)[C@H](OCc2ccccc2)C1. The van der Waals surface area contributed by atoms with E-state index in [-0.39, 0.29) is 17.6 Å². The van der Waals surface area contributed by atoms with E-state index < -0.39 is 0 Å². The number of hydrogen-bond donors (Lipinski definition) is 1. The van der Waals surface area contributed by atoms with Crippen molar-refractivity contribution in [3.8, 4) is 0 Å². The number of benzene rings is 2. The van der Waals surface area contributed by atoms with Gasteiger partial charge in [-0.3, -0.25) is 9.69 Å². The summed E-state index contributed by atoms with van der Waals surface area (Å²) in [6, 6.07) is 16.3. The highest BCUT2D eigenvalue weighted by Gasteiger charge is 2.47. The molecule has 5 heteroatoms. The van der Waals surface area contributed by atoms with Crippen molar-refractivity contribution in [2.75, 3.05) is 31.6 Å². The van der Waals surface area contributed by atoms with Crippen LogP contribution in [0.15, 0.2) is 48.5 Å². The molecule has 5 nitrogen and oxygen atoms in total. The summed E-state index contributed by atoms with van der Waals surface area (Å²) in [6.07, 6.45) is 3.00. The average Bonchev–Trinajstić information content (AvgIpc) is 3.21. The first-order chi connectivity index (χ1) is 14.6. The topological polar surface area (TPSA) is 50.8 Å². The molecule has 160 valence electrons. The Hall–Kier alpha value is -2.21. The minimum absolute atomic E-state index is 0.0255. The molecule has 1 N–H and O–H groups in total. The van der Waals surface area contributed by atoms with E-state index in [2.05, 4.69) is 22.3 Å². The Labute approximate surface area is 179 Å². The van der Waals surface area contributed by atoms with Gasteiger partial charge in [-0.05, 0) is 49.8 Å². The number of aryl methyl sites for hydroxylation is 2. The maximum atomic E-state index is 12.8. The minimum atomic E-state index is -0.200. The Kier molecular flexibility index (Phi) is 6.52. The zero-order valence-electron chi connectivity index (χ0n) is 18.0. The van der Waals surface area contributed by atoms with Gasteiger partial charge in [0.05, 0.1) is 24.9 Å². The lowest BCUT2D eigenvalue weighted by molar-refractivity contribution is -0.159. The molecule has 0 saturated carbocycles. The number of para-hydroxylation sites is 1. The van der Waals surface area contributed by atoms with E-state index in [1.807, 2.05) is 50.2 Å². The first-order valence-corrected chi connectivity index (χ1v) is 10.9.